The van der Waals surface area contributed by atoms with Crippen molar-refractivity contribution in [2.75, 3.05) is 26.0 Å². The van der Waals surface area contributed by atoms with Crippen molar-refractivity contribution >= 4 is 41.0 Å². The molecule has 0 saturated heterocycles. The second kappa shape index (κ2) is 14.5. The van der Waals surface area contributed by atoms with Crippen LogP contribution < -0.4 is 25.7 Å². The Bertz CT molecular complexity index is 1860. The molecule has 12 nitrogen and oxygen atoms in total. The number of carbonyl (C=O) groups is 2. The van der Waals surface area contributed by atoms with Crippen LogP contribution in [0.3, 0.4) is 0 Å². The topological polar surface area (TPSA) is 139 Å². The number of methoxy groups -OCH3 is 1. The molecule has 0 saturated carbocycles. The molecular formula is C32H33ClN6O6. The summed E-state index contributed by atoms with van der Waals surface area (Å²) in [7, 11) is 3.24. The fraction of sp³-hybridized carbons (Fsp3) is 0.219. The number of hydrogen-bond donors (Lipinski definition) is 2. The van der Waals surface area contributed by atoms with E-state index in [2.05, 4.69) is 20.6 Å². The molecule has 0 aliphatic rings. The molecule has 2 aromatic carbocycles. The predicted molar refractivity (Wildman–Crippen MR) is 172 cm³/mol. The van der Waals surface area contributed by atoms with Crippen LogP contribution in [0, 0.1) is 6.92 Å². The van der Waals surface area contributed by atoms with E-state index in [-0.39, 0.29) is 36.9 Å². The van der Waals surface area contributed by atoms with Gasteiger partial charge in [-0.15, -0.1) is 12.4 Å². The molecule has 0 aliphatic carbocycles. The quantitative estimate of drug-likeness (QED) is 0.201. The molecule has 0 spiro atoms. The summed E-state index contributed by atoms with van der Waals surface area (Å²) in [6, 6.07) is 19.5. The lowest BCUT2D eigenvalue weighted by molar-refractivity contribution is -0.147. The summed E-state index contributed by atoms with van der Waals surface area (Å²) in [5, 5.41) is 6.27. The van der Waals surface area contributed by atoms with E-state index >= 15 is 0 Å². The number of nitrogens with one attached hydrogen (secondary N) is 2. The second-order valence-corrected chi connectivity index (χ2v) is 9.95. The van der Waals surface area contributed by atoms with Crippen LogP contribution in [0.2, 0.25) is 0 Å². The monoisotopic (exact) mass is 632 g/mol. The van der Waals surface area contributed by atoms with Gasteiger partial charge in [0.2, 0.25) is 0 Å². The van der Waals surface area contributed by atoms with Gasteiger partial charge in [0.15, 0.2) is 0 Å². The van der Waals surface area contributed by atoms with E-state index in [0.717, 1.165) is 5.39 Å². The predicted octanol–water partition coefficient (Wildman–Crippen LogP) is 4.52. The number of amides is 1. The maximum Gasteiger partial charge on any atom is 0.320 e. The molecule has 1 amide bonds. The number of esters is 1. The van der Waals surface area contributed by atoms with Gasteiger partial charge in [-0.1, -0.05) is 18.2 Å². The van der Waals surface area contributed by atoms with Crippen molar-refractivity contribution in [1.29, 1.82) is 0 Å². The molecule has 3 aromatic heterocycles. The molecule has 45 heavy (non-hydrogen) atoms. The Morgan fingerprint density at radius 2 is 1.76 bits per heavy atom. The van der Waals surface area contributed by atoms with Crippen LogP contribution in [0.5, 0.6) is 17.2 Å². The highest BCUT2D eigenvalue weighted by atomic mass is 35.5. The molecule has 0 fully saturated rings. The smallest absolute Gasteiger partial charge is 0.320 e. The highest BCUT2D eigenvalue weighted by molar-refractivity contribution is 6.04. The largest absolute Gasteiger partial charge is 0.497 e. The summed E-state index contributed by atoms with van der Waals surface area (Å²) in [4.78, 5) is 47.8. The number of carbonyl (C=O) groups excluding carboxylic acids is 2. The third-order valence-electron chi connectivity index (χ3n) is 6.82. The van der Waals surface area contributed by atoms with Gasteiger partial charge >= 0.3 is 5.97 Å². The lowest BCUT2D eigenvalue weighted by Gasteiger charge is -2.18. The summed E-state index contributed by atoms with van der Waals surface area (Å²) in [5.41, 5.74) is 1.13. The zero-order valence-corrected chi connectivity index (χ0v) is 26.0. The number of halogens is 1. The summed E-state index contributed by atoms with van der Waals surface area (Å²) in [6.07, 6.45) is 2.55. The van der Waals surface area contributed by atoms with Crippen LogP contribution in [0.15, 0.2) is 83.9 Å². The number of likely N-dealkylation sites (N-methyl/N-ethyl adjacent to an activating group) is 1. The number of aromatic nitrogens is 4. The molecular weight excluding hydrogens is 600 g/mol. The van der Waals surface area contributed by atoms with Gasteiger partial charge in [-0.05, 0) is 63.4 Å². The van der Waals surface area contributed by atoms with E-state index in [0.29, 0.717) is 34.1 Å². The normalized spacial score (nSPS) is 11.4. The fourth-order valence-corrected chi connectivity index (χ4v) is 4.78. The molecule has 13 heteroatoms. The van der Waals surface area contributed by atoms with Crippen LogP contribution in [0.1, 0.15) is 23.0 Å². The van der Waals surface area contributed by atoms with Crippen LogP contribution >= 0.6 is 12.4 Å². The third-order valence-corrected chi connectivity index (χ3v) is 6.82. The zero-order valence-electron chi connectivity index (χ0n) is 25.1. The number of hydrogen-bond acceptors (Lipinski definition) is 9. The Hall–Kier alpha value is -5.20. The minimum atomic E-state index is -0.619. The number of fused-ring (bicyclic) bond motifs is 1. The highest BCUT2D eigenvalue weighted by Crippen LogP contribution is 2.30. The van der Waals surface area contributed by atoms with Gasteiger partial charge in [-0.25, -0.2) is 9.67 Å². The maximum atomic E-state index is 13.7. The van der Waals surface area contributed by atoms with Gasteiger partial charge in [-0.3, -0.25) is 24.0 Å². The molecule has 0 bridgehead atoms. The first kappa shape index (κ1) is 32.7. The molecule has 2 N–H and O–H groups in total. The van der Waals surface area contributed by atoms with Crippen LogP contribution in [0.25, 0.3) is 16.6 Å². The van der Waals surface area contributed by atoms with E-state index in [4.69, 9.17) is 14.2 Å². The third kappa shape index (κ3) is 7.31. The average molecular weight is 633 g/mol. The lowest BCUT2D eigenvalue weighted by Crippen LogP contribution is -2.30. The van der Waals surface area contributed by atoms with Crippen molar-refractivity contribution in [3.05, 3.63) is 101 Å². The fourth-order valence-electron chi connectivity index (χ4n) is 4.78. The average Bonchev–Trinajstić information content (AvgIpc) is 3.26. The highest BCUT2D eigenvalue weighted by Gasteiger charge is 2.25. The Kier molecular flexibility index (Phi) is 10.6. The van der Waals surface area contributed by atoms with Gasteiger partial charge < -0.3 is 24.8 Å². The molecule has 0 radical (unpaired) electrons. The number of benzene rings is 2. The SMILES string of the molecule is CNCC(=O)O[C@H](C)Cn1c(C)c(C(=O)Nc2ccc(Oc3ccnc4cc(OC)ccc34)cn2)c(=O)n1-c1ccccc1.Cl. The number of para-hydroxylation sites is 1. The summed E-state index contributed by atoms with van der Waals surface area (Å²) < 4.78 is 19.8. The van der Waals surface area contributed by atoms with Crippen LogP contribution in [-0.4, -0.2) is 58.0 Å². The molecule has 0 aliphatic heterocycles. The Labute approximate surface area is 265 Å². The molecule has 3 heterocycles. The van der Waals surface area contributed by atoms with Gasteiger partial charge in [0, 0.05) is 17.6 Å². The number of nitrogens with zero attached hydrogens (tertiary/aromatic N) is 4. The van der Waals surface area contributed by atoms with Crippen LogP contribution in [-0.2, 0) is 16.1 Å². The van der Waals surface area contributed by atoms with E-state index in [1.807, 2.05) is 24.3 Å². The molecule has 234 valence electrons. The second-order valence-electron chi connectivity index (χ2n) is 9.95. The molecule has 5 aromatic rings. The number of pyridine rings is 2. The summed E-state index contributed by atoms with van der Waals surface area (Å²) in [5.74, 6) is 0.909. The number of ether oxygens (including phenoxy) is 3. The van der Waals surface area contributed by atoms with Crippen molar-refractivity contribution in [1.82, 2.24) is 24.6 Å². The molecule has 1 atom stereocenters. The molecule has 5 rings (SSSR count). The zero-order chi connectivity index (χ0) is 31.2. The van der Waals surface area contributed by atoms with Crippen molar-refractivity contribution in [2.45, 2.75) is 26.5 Å². The van der Waals surface area contributed by atoms with Gasteiger partial charge in [0.1, 0.15) is 34.7 Å². The Morgan fingerprint density at radius 3 is 2.44 bits per heavy atom. The standard InChI is InChI=1S/C32H32N6O6.ClH/c1-20(43-29(39)18-33-3)19-37-21(2)30(32(41)38(37)22-8-6-5-7-9-22)31(40)36-28-13-11-24(17-35-28)44-27-14-15-34-26-16-23(42-4)10-12-25(26)27;/h5-17,20,33H,18-19H2,1-4H3,(H,35,36,40);1H/t20-;/m1./s1. The van der Waals surface area contributed by atoms with Crippen LogP contribution in [0.4, 0.5) is 5.82 Å². The van der Waals surface area contributed by atoms with Gasteiger partial charge in [0.05, 0.1) is 43.3 Å². The number of anilines is 1. The van der Waals surface area contributed by atoms with E-state index in [9.17, 15) is 14.4 Å². The minimum Gasteiger partial charge on any atom is -0.497 e. The summed E-state index contributed by atoms with van der Waals surface area (Å²) in [6.45, 7) is 3.61. The number of rotatable bonds is 11. The van der Waals surface area contributed by atoms with Gasteiger partial charge in [-0.2, -0.15) is 0 Å². The van der Waals surface area contributed by atoms with Crippen molar-refractivity contribution < 1.29 is 23.8 Å². The Morgan fingerprint density at radius 1 is 1.00 bits per heavy atom. The first-order chi connectivity index (χ1) is 21.3. The van der Waals surface area contributed by atoms with Crippen molar-refractivity contribution in [3.8, 4) is 22.9 Å². The lowest BCUT2D eigenvalue weighted by atomic mass is 10.2. The Balaban J connectivity index is 0.00000461. The molecule has 0 unspecified atom stereocenters. The summed E-state index contributed by atoms with van der Waals surface area (Å²) >= 11 is 0. The van der Waals surface area contributed by atoms with E-state index in [1.54, 1.807) is 81.3 Å². The first-order valence-electron chi connectivity index (χ1n) is 13.9. The van der Waals surface area contributed by atoms with Crippen molar-refractivity contribution in [2.24, 2.45) is 0 Å². The van der Waals surface area contributed by atoms with E-state index in [1.165, 1.54) is 10.9 Å². The van der Waals surface area contributed by atoms with E-state index < -0.39 is 23.5 Å². The van der Waals surface area contributed by atoms with Crippen molar-refractivity contribution in [3.63, 3.8) is 0 Å². The minimum absolute atomic E-state index is 0. The first-order valence-corrected chi connectivity index (χ1v) is 13.9. The maximum absolute atomic E-state index is 13.7. The van der Waals surface area contributed by atoms with Gasteiger partial charge in [0.25, 0.3) is 11.5 Å².